The molecule has 2 aromatic rings. The number of carbonyl (C=O) groups excluding carboxylic acids is 3. The summed E-state index contributed by atoms with van der Waals surface area (Å²) >= 11 is 0. The first-order chi connectivity index (χ1) is 15.5. The number of carbonyl (C=O) groups is 3. The van der Waals surface area contributed by atoms with Gasteiger partial charge in [0.05, 0.1) is 13.0 Å². The van der Waals surface area contributed by atoms with E-state index in [1.807, 2.05) is 18.2 Å². The van der Waals surface area contributed by atoms with Crippen molar-refractivity contribution in [2.45, 2.75) is 25.4 Å². The molecular weight excluding hydrogens is 413 g/mol. The largest absolute Gasteiger partial charge is 0.340 e. The quantitative estimate of drug-likeness (QED) is 0.660. The van der Waals surface area contributed by atoms with E-state index in [1.165, 1.54) is 18.2 Å². The third-order valence-electron chi connectivity index (χ3n) is 5.85. The van der Waals surface area contributed by atoms with Crippen LogP contribution in [0.2, 0.25) is 0 Å². The molecule has 0 saturated carbocycles. The average molecular weight is 439 g/mol. The summed E-state index contributed by atoms with van der Waals surface area (Å²) in [6, 6.07) is 10.2. The highest BCUT2D eigenvalue weighted by Crippen LogP contribution is 2.16. The fraction of sp³-hybridized carbons (Fsp3) is 0.391. The van der Waals surface area contributed by atoms with E-state index < -0.39 is 23.8 Å². The van der Waals surface area contributed by atoms with E-state index in [9.17, 15) is 18.8 Å². The van der Waals surface area contributed by atoms with Crippen LogP contribution in [0.15, 0.2) is 48.7 Å². The molecule has 1 atom stereocenters. The third kappa shape index (κ3) is 5.28. The maximum atomic E-state index is 13.4. The number of aromatic nitrogens is 1. The molecule has 8 nitrogen and oxygen atoms in total. The fourth-order valence-electron chi connectivity index (χ4n) is 4.03. The van der Waals surface area contributed by atoms with Gasteiger partial charge in [-0.2, -0.15) is 0 Å². The first-order valence-corrected chi connectivity index (χ1v) is 10.8. The Hall–Kier alpha value is -3.33. The van der Waals surface area contributed by atoms with Gasteiger partial charge < -0.3 is 10.2 Å². The Morgan fingerprint density at radius 1 is 1.09 bits per heavy atom. The summed E-state index contributed by atoms with van der Waals surface area (Å²) in [7, 11) is 0. The number of imide groups is 1. The Balaban J connectivity index is 1.24. The highest BCUT2D eigenvalue weighted by Gasteiger charge is 2.40. The number of amides is 4. The molecule has 0 unspecified atom stereocenters. The molecule has 2 aliphatic heterocycles. The van der Waals surface area contributed by atoms with Crippen molar-refractivity contribution >= 4 is 17.8 Å². The molecular formula is C23H26FN5O3. The summed E-state index contributed by atoms with van der Waals surface area (Å²) in [5.41, 5.74) is 1.56. The normalized spacial score (nSPS) is 19.3. The first-order valence-electron chi connectivity index (χ1n) is 10.8. The van der Waals surface area contributed by atoms with E-state index in [2.05, 4.69) is 15.2 Å². The summed E-state index contributed by atoms with van der Waals surface area (Å²) in [4.78, 5) is 47.0. The lowest BCUT2D eigenvalue weighted by Gasteiger charge is -2.35. The van der Waals surface area contributed by atoms with E-state index in [0.717, 1.165) is 36.6 Å². The van der Waals surface area contributed by atoms with Gasteiger partial charge in [0.25, 0.3) is 5.91 Å². The molecule has 9 heteroatoms. The number of halogens is 1. The van der Waals surface area contributed by atoms with Gasteiger partial charge in [-0.25, -0.2) is 9.18 Å². The monoisotopic (exact) mass is 439 g/mol. The zero-order chi connectivity index (χ0) is 22.5. The van der Waals surface area contributed by atoms with Crippen LogP contribution in [0.3, 0.4) is 0 Å². The molecule has 0 bridgehead atoms. The lowest BCUT2D eigenvalue weighted by Crippen LogP contribution is -2.50. The summed E-state index contributed by atoms with van der Waals surface area (Å²) in [6.07, 6.45) is 2.57. The molecule has 0 radical (unpaired) electrons. The van der Waals surface area contributed by atoms with Crippen LogP contribution in [0.4, 0.5) is 9.18 Å². The van der Waals surface area contributed by atoms with Crippen molar-refractivity contribution in [2.75, 3.05) is 32.7 Å². The number of hydrogen-bond acceptors (Lipinski definition) is 5. The Labute approximate surface area is 186 Å². The van der Waals surface area contributed by atoms with E-state index >= 15 is 0 Å². The first kappa shape index (κ1) is 21.9. The number of hydrogen-bond donors (Lipinski definition) is 1. The molecule has 2 aliphatic rings. The number of benzene rings is 1. The van der Waals surface area contributed by atoms with Crippen molar-refractivity contribution in [2.24, 2.45) is 0 Å². The minimum atomic E-state index is -0.884. The second-order valence-corrected chi connectivity index (χ2v) is 8.05. The molecule has 4 rings (SSSR count). The molecule has 0 aliphatic carbocycles. The average Bonchev–Trinajstić information content (AvgIpc) is 3.06. The van der Waals surface area contributed by atoms with Crippen LogP contribution in [0.5, 0.6) is 0 Å². The van der Waals surface area contributed by atoms with Crippen LogP contribution in [0.25, 0.3) is 0 Å². The predicted molar refractivity (Wildman–Crippen MR) is 115 cm³/mol. The molecule has 32 heavy (non-hydrogen) atoms. The van der Waals surface area contributed by atoms with Crippen molar-refractivity contribution in [3.8, 4) is 0 Å². The Morgan fingerprint density at radius 2 is 1.91 bits per heavy atom. The van der Waals surface area contributed by atoms with Crippen LogP contribution >= 0.6 is 0 Å². The van der Waals surface area contributed by atoms with Crippen molar-refractivity contribution in [1.82, 2.24) is 25.0 Å². The van der Waals surface area contributed by atoms with Crippen LogP contribution in [-0.4, -0.2) is 76.3 Å². The van der Waals surface area contributed by atoms with Gasteiger partial charge in [0, 0.05) is 51.0 Å². The van der Waals surface area contributed by atoms with Crippen LogP contribution < -0.4 is 5.32 Å². The molecule has 1 aromatic carbocycles. The number of piperazine rings is 1. The number of urea groups is 1. The van der Waals surface area contributed by atoms with Crippen molar-refractivity contribution in [3.63, 3.8) is 0 Å². The predicted octanol–water partition coefficient (Wildman–Crippen LogP) is 1.42. The summed E-state index contributed by atoms with van der Waals surface area (Å²) in [6.45, 7) is 3.55. The standard InChI is InChI=1S/C23H26FN5O3/c24-18-5-3-4-17(14-18)16-29-22(31)20(26-23(29)32)15-21(30)28-12-10-27(11-13-28)9-7-19-6-1-2-8-25-19/h1-6,8,14,20H,7,9-13,15-16H2,(H,26,32)/t20-/m1/s1. The molecule has 1 N–H and O–H groups in total. The van der Waals surface area contributed by atoms with E-state index in [1.54, 1.807) is 17.2 Å². The second-order valence-electron chi connectivity index (χ2n) is 8.05. The number of rotatable bonds is 7. The summed E-state index contributed by atoms with van der Waals surface area (Å²) < 4.78 is 13.4. The van der Waals surface area contributed by atoms with Gasteiger partial charge in [-0.15, -0.1) is 0 Å². The smallest absolute Gasteiger partial charge is 0.325 e. The lowest BCUT2D eigenvalue weighted by molar-refractivity contribution is -0.137. The number of pyridine rings is 1. The van der Waals surface area contributed by atoms with E-state index in [-0.39, 0.29) is 18.9 Å². The summed E-state index contributed by atoms with van der Waals surface area (Å²) in [5.74, 6) is -1.04. The maximum Gasteiger partial charge on any atom is 0.325 e. The topological polar surface area (TPSA) is 85.8 Å². The molecule has 0 spiro atoms. The van der Waals surface area contributed by atoms with E-state index in [4.69, 9.17) is 0 Å². The number of nitrogens with one attached hydrogen (secondary N) is 1. The molecule has 1 aromatic heterocycles. The summed E-state index contributed by atoms with van der Waals surface area (Å²) in [5, 5.41) is 2.58. The maximum absolute atomic E-state index is 13.4. The van der Waals surface area contributed by atoms with Crippen molar-refractivity contribution in [3.05, 3.63) is 65.7 Å². The van der Waals surface area contributed by atoms with Gasteiger partial charge in [-0.05, 0) is 29.8 Å². The zero-order valence-electron chi connectivity index (χ0n) is 17.7. The minimum Gasteiger partial charge on any atom is -0.340 e. The van der Waals surface area contributed by atoms with Crippen molar-refractivity contribution < 1.29 is 18.8 Å². The van der Waals surface area contributed by atoms with Gasteiger partial charge in [-0.1, -0.05) is 18.2 Å². The van der Waals surface area contributed by atoms with Gasteiger partial charge in [-0.3, -0.25) is 24.4 Å². The molecule has 2 fully saturated rings. The number of nitrogens with zero attached hydrogens (tertiary/aromatic N) is 4. The molecule has 3 heterocycles. The van der Waals surface area contributed by atoms with Gasteiger partial charge >= 0.3 is 6.03 Å². The van der Waals surface area contributed by atoms with Crippen molar-refractivity contribution in [1.29, 1.82) is 0 Å². The highest BCUT2D eigenvalue weighted by molar-refractivity contribution is 6.05. The van der Waals surface area contributed by atoms with Crippen LogP contribution in [-0.2, 0) is 22.6 Å². The van der Waals surface area contributed by atoms with Gasteiger partial charge in [0.1, 0.15) is 11.9 Å². The fourth-order valence-corrected chi connectivity index (χ4v) is 4.03. The van der Waals surface area contributed by atoms with E-state index in [0.29, 0.717) is 18.7 Å². The lowest BCUT2D eigenvalue weighted by atomic mass is 10.1. The Kier molecular flexibility index (Phi) is 6.75. The van der Waals surface area contributed by atoms with Gasteiger partial charge in [0.15, 0.2) is 0 Å². The SMILES string of the molecule is O=C(C[C@H]1NC(=O)N(Cc2cccc(F)c2)C1=O)N1CCN(CCc2ccccn2)CC1. The molecule has 168 valence electrons. The Bertz CT molecular complexity index is 979. The Morgan fingerprint density at radius 3 is 2.62 bits per heavy atom. The molecule has 4 amide bonds. The van der Waals surface area contributed by atoms with Crippen LogP contribution in [0, 0.1) is 5.82 Å². The second kappa shape index (κ2) is 9.86. The third-order valence-corrected chi connectivity index (χ3v) is 5.85. The highest BCUT2D eigenvalue weighted by atomic mass is 19.1. The van der Waals surface area contributed by atoms with Gasteiger partial charge in [0.2, 0.25) is 5.91 Å². The molecule has 2 saturated heterocycles. The minimum absolute atomic E-state index is 0.0257. The zero-order valence-corrected chi connectivity index (χ0v) is 17.7. The van der Waals surface area contributed by atoms with Crippen LogP contribution in [0.1, 0.15) is 17.7 Å².